The Morgan fingerprint density at radius 1 is 0.840 bits per heavy atom. The van der Waals surface area contributed by atoms with Gasteiger partial charge in [0.15, 0.2) is 0 Å². The van der Waals surface area contributed by atoms with E-state index < -0.39 is 0 Å². The third-order valence-electron chi connectivity index (χ3n) is 7.15. The molecule has 144 valence electrons. The Kier molecular flexibility index (Phi) is 7.86. The second-order valence-electron chi connectivity index (χ2n) is 8.94. The molecule has 0 bridgehead atoms. The molecular formula is C23H40O2. The van der Waals surface area contributed by atoms with Crippen LogP contribution in [-0.4, -0.2) is 25.9 Å². The molecule has 0 radical (unpaired) electrons. The van der Waals surface area contributed by atoms with Gasteiger partial charge in [0.05, 0.1) is 12.2 Å². The van der Waals surface area contributed by atoms with Crippen molar-refractivity contribution in [3.8, 4) is 0 Å². The summed E-state index contributed by atoms with van der Waals surface area (Å²) in [5.74, 6) is 3.31. The van der Waals surface area contributed by atoms with Gasteiger partial charge in [-0.15, -0.1) is 0 Å². The Hall–Kier alpha value is -0.340. The number of rotatable bonds is 6. The minimum absolute atomic E-state index is 0.521. The summed E-state index contributed by atoms with van der Waals surface area (Å²) in [5.41, 5.74) is 0. The lowest BCUT2D eigenvalue weighted by molar-refractivity contribution is -0.0583. The van der Waals surface area contributed by atoms with E-state index in [1.807, 2.05) is 7.11 Å². The van der Waals surface area contributed by atoms with Crippen molar-refractivity contribution in [2.45, 2.75) is 96.2 Å². The minimum Gasteiger partial charge on any atom is -0.381 e. The topological polar surface area (TPSA) is 18.5 Å². The highest BCUT2D eigenvalue weighted by Crippen LogP contribution is 2.37. The molecule has 2 aliphatic carbocycles. The minimum atomic E-state index is 0.521. The van der Waals surface area contributed by atoms with Crippen LogP contribution in [0.2, 0.25) is 0 Å². The van der Waals surface area contributed by atoms with Gasteiger partial charge in [-0.3, -0.25) is 0 Å². The zero-order valence-corrected chi connectivity index (χ0v) is 16.6. The summed E-state index contributed by atoms with van der Waals surface area (Å²) in [6.45, 7) is 3.33. The predicted molar refractivity (Wildman–Crippen MR) is 105 cm³/mol. The summed E-state index contributed by atoms with van der Waals surface area (Å²) in [6, 6.07) is 0. The highest BCUT2D eigenvalue weighted by atomic mass is 16.5. The van der Waals surface area contributed by atoms with Crippen molar-refractivity contribution in [3.05, 3.63) is 12.2 Å². The SMILES string of the molecule is CCCC1CCC(C2CCC(/C=C/C3CCC(OC)CC3)CC2)OC1. The number of methoxy groups -OCH3 is 1. The number of hydrogen-bond donors (Lipinski definition) is 0. The molecule has 0 aromatic heterocycles. The number of hydrogen-bond acceptors (Lipinski definition) is 2. The molecule has 3 aliphatic rings. The summed E-state index contributed by atoms with van der Waals surface area (Å²) >= 11 is 0. The van der Waals surface area contributed by atoms with Crippen molar-refractivity contribution >= 4 is 0 Å². The van der Waals surface area contributed by atoms with E-state index in [0.717, 1.165) is 30.3 Å². The fraction of sp³-hybridized carbons (Fsp3) is 0.913. The molecule has 0 N–H and O–H groups in total. The average Bonchev–Trinajstić information content (AvgIpc) is 2.68. The standard InChI is InChI=1S/C23H40O2/c1-3-4-20-11-16-23(25-17-20)21-12-7-18(8-13-21)5-6-19-9-14-22(24-2)15-10-19/h5-6,18-23H,3-4,7-17H2,1-2H3/b6-5+. The maximum Gasteiger partial charge on any atom is 0.0603 e. The van der Waals surface area contributed by atoms with Crippen molar-refractivity contribution in [1.82, 2.24) is 0 Å². The average molecular weight is 349 g/mol. The van der Waals surface area contributed by atoms with Gasteiger partial charge in [0.1, 0.15) is 0 Å². The van der Waals surface area contributed by atoms with E-state index in [4.69, 9.17) is 9.47 Å². The number of ether oxygens (including phenoxy) is 2. The van der Waals surface area contributed by atoms with Crippen molar-refractivity contribution in [2.24, 2.45) is 23.7 Å². The molecule has 2 nitrogen and oxygen atoms in total. The van der Waals surface area contributed by atoms with Gasteiger partial charge in [0.2, 0.25) is 0 Å². The summed E-state index contributed by atoms with van der Waals surface area (Å²) < 4.78 is 11.8. The van der Waals surface area contributed by atoms with Gasteiger partial charge in [-0.2, -0.15) is 0 Å². The third kappa shape index (κ3) is 5.82. The molecule has 2 atom stereocenters. The van der Waals surface area contributed by atoms with Gasteiger partial charge in [0.25, 0.3) is 0 Å². The van der Waals surface area contributed by atoms with E-state index in [1.165, 1.54) is 77.0 Å². The van der Waals surface area contributed by atoms with Gasteiger partial charge in [-0.25, -0.2) is 0 Å². The van der Waals surface area contributed by atoms with Crippen LogP contribution in [0, 0.1) is 23.7 Å². The first-order valence-electron chi connectivity index (χ1n) is 11.1. The second kappa shape index (κ2) is 10.1. The lowest BCUT2D eigenvalue weighted by Crippen LogP contribution is -2.34. The molecule has 2 unspecified atom stereocenters. The van der Waals surface area contributed by atoms with Crippen molar-refractivity contribution in [3.63, 3.8) is 0 Å². The van der Waals surface area contributed by atoms with E-state index in [0.29, 0.717) is 12.2 Å². The van der Waals surface area contributed by atoms with Gasteiger partial charge >= 0.3 is 0 Å². The van der Waals surface area contributed by atoms with Gasteiger partial charge < -0.3 is 9.47 Å². The van der Waals surface area contributed by atoms with Crippen LogP contribution in [0.5, 0.6) is 0 Å². The molecule has 0 aromatic rings. The first-order chi connectivity index (χ1) is 12.3. The Morgan fingerprint density at radius 2 is 1.48 bits per heavy atom. The summed E-state index contributed by atoms with van der Waals surface area (Å²) in [6.07, 6.45) is 22.3. The fourth-order valence-corrected chi connectivity index (χ4v) is 5.37. The van der Waals surface area contributed by atoms with E-state index in [1.54, 1.807) is 0 Å². The quantitative estimate of drug-likeness (QED) is 0.536. The molecule has 1 aliphatic heterocycles. The van der Waals surface area contributed by atoms with E-state index >= 15 is 0 Å². The second-order valence-corrected chi connectivity index (χ2v) is 8.94. The molecule has 3 rings (SSSR count). The van der Waals surface area contributed by atoms with Crippen molar-refractivity contribution in [1.29, 1.82) is 0 Å². The largest absolute Gasteiger partial charge is 0.381 e. The van der Waals surface area contributed by atoms with Gasteiger partial charge in [0, 0.05) is 13.7 Å². The zero-order valence-electron chi connectivity index (χ0n) is 16.6. The lowest BCUT2D eigenvalue weighted by Gasteiger charge is -2.37. The molecule has 2 heteroatoms. The Labute approximate surface area is 155 Å². The highest BCUT2D eigenvalue weighted by molar-refractivity contribution is 4.97. The van der Waals surface area contributed by atoms with Crippen LogP contribution in [0.1, 0.15) is 84.0 Å². The highest BCUT2D eigenvalue weighted by Gasteiger charge is 2.31. The Bertz CT molecular complexity index is 381. The summed E-state index contributed by atoms with van der Waals surface area (Å²) in [7, 11) is 1.86. The van der Waals surface area contributed by atoms with Crippen LogP contribution in [0.15, 0.2) is 12.2 Å². The van der Waals surface area contributed by atoms with Crippen LogP contribution < -0.4 is 0 Å². The van der Waals surface area contributed by atoms with Gasteiger partial charge in [-0.05, 0) is 94.3 Å². The lowest BCUT2D eigenvalue weighted by atomic mass is 9.76. The maximum atomic E-state index is 6.26. The molecule has 1 saturated heterocycles. The van der Waals surface area contributed by atoms with Crippen molar-refractivity contribution < 1.29 is 9.47 Å². The molecule has 3 fully saturated rings. The zero-order chi connectivity index (χ0) is 17.5. The van der Waals surface area contributed by atoms with Crippen LogP contribution >= 0.6 is 0 Å². The van der Waals surface area contributed by atoms with Crippen LogP contribution in [-0.2, 0) is 9.47 Å². The van der Waals surface area contributed by atoms with Gasteiger partial charge in [-0.1, -0.05) is 25.5 Å². The fourth-order valence-electron chi connectivity index (χ4n) is 5.37. The first kappa shape index (κ1) is 19.4. The van der Waals surface area contributed by atoms with E-state index in [2.05, 4.69) is 19.1 Å². The van der Waals surface area contributed by atoms with E-state index in [9.17, 15) is 0 Å². The Morgan fingerprint density at radius 3 is 2.00 bits per heavy atom. The molecule has 0 aromatic carbocycles. The number of allylic oxidation sites excluding steroid dienone is 2. The van der Waals surface area contributed by atoms with E-state index in [-0.39, 0.29) is 0 Å². The molecule has 0 spiro atoms. The van der Waals surface area contributed by atoms with Crippen LogP contribution in [0.4, 0.5) is 0 Å². The maximum absolute atomic E-state index is 6.26. The van der Waals surface area contributed by atoms with Crippen LogP contribution in [0.25, 0.3) is 0 Å². The monoisotopic (exact) mass is 348 g/mol. The third-order valence-corrected chi connectivity index (χ3v) is 7.15. The molecule has 1 heterocycles. The first-order valence-corrected chi connectivity index (χ1v) is 11.1. The molecular weight excluding hydrogens is 308 g/mol. The molecule has 0 amide bonds. The molecule has 2 saturated carbocycles. The molecule has 25 heavy (non-hydrogen) atoms. The van der Waals surface area contributed by atoms with Crippen molar-refractivity contribution in [2.75, 3.05) is 13.7 Å². The normalized spacial score (nSPS) is 40.4. The summed E-state index contributed by atoms with van der Waals surface area (Å²) in [4.78, 5) is 0. The predicted octanol–water partition coefficient (Wildman–Crippen LogP) is 6.15. The summed E-state index contributed by atoms with van der Waals surface area (Å²) in [5, 5.41) is 0. The Balaban J connectivity index is 1.34. The van der Waals surface area contributed by atoms with Crippen LogP contribution in [0.3, 0.4) is 0 Å². The smallest absolute Gasteiger partial charge is 0.0603 e.